The average Bonchev–Trinajstić information content (AvgIpc) is 2.67. The Labute approximate surface area is 89.6 Å². The van der Waals surface area contributed by atoms with Crippen LogP contribution in [0.25, 0.3) is 0 Å². The molecule has 2 rings (SSSR count). The van der Waals surface area contributed by atoms with Gasteiger partial charge in [-0.1, -0.05) is 24.3 Å². The van der Waals surface area contributed by atoms with Gasteiger partial charge in [0.2, 0.25) is 0 Å². The molecule has 0 bridgehead atoms. The zero-order chi connectivity index (χ0) is 10.9. The molecular weight excluding hydrogens is 190 g/mol. The largest absolute Gasteiger partial charge is 0.379 e. The molecule has 0 spiro atoms. The van der Waals surface area contributed by atoms with Crippen molar-refractivity contribution in [2.24, 2.45) is 13.0 Å². The van der Waals surface area contributed by atoms with E-state index < -0.39 is 5.60 Å². The van der Waals surface area contributed by atoms with Crippen LogP contribution in [0.1, 0.15) is 31.9 Å². The van der Waals surface area contributed by atoms with Crippen LogP contribution in [-0.2, 0) is 12.6 Å². The molecule has 1 aromatic rings. The molecule has 2 atom stereocenters. The topological polar surface area (TPSA) is 50.9 Å². The summed E-state index contributed by atoms with van der Waals surface area (Å²) in [4.78, 5) is 0. The molecule has 1 heterocycles. The fourth-order valence-electron chi connectivity index (χ4n) is 1.98. The van der Waals surface area contributed by atoms with Crippen molar-refractivity contribution < 1.29 is 5.11 Å². The third-order valence-electron chi connectivity index (χ3n) is 3.11. The van der Waals surface area contributed by atoms with Gasteiger partial charge in [-0.2, -0.15) is 0 Å². The van der Waals surface area contributed by atoms with Crippen molar-refractivity contribution >= 4 is 0 Å². The summed E-state index contributed by atoms with van der Waals surface area (Å²) in [6.45, 7) is 2.17. The predicted octanol–water partition coefficient (Wildman–Crippen LogP) is 1.38. The summed E-state index contributed by atoms with van der Waals surface area (Å²) in [5, 5.41) is 18.2. The Bertz CT molecular complexity index is 372. The van der Waals surface area contributed by atoms with E-state index in [-0.39, 0.29) is 0 Å². The zero-order valence-corrected chi connectivity index (χ0v) is 9.22. The average molecular weight is 207 g/mol. The highest BCUT2D eigenvalue weighted by atomic mass is 16.3. The summed E-state index contributed by atoms with van der Waals surface area (Å²) >= 11 is 0. The van der Waals surface area contributed by atoms with Gasteiger partial charge in [0.25, 0.3) is 0 Å². The second-order valence-electron chi connectivity index (χ2n) is 4.27. The van der Waals surface area contributed by atoms with Crippen molar-refractivity contribution in [3.8, 4) is 0 Å². The molecule has 0 amide bonds. The number of allylic oxidation sites excluding steroid dienone is 1. The van der Waals surface area contributed by atoms with Crippen molar-refractivity contribution in [2.45, 2.75) is 31.8 Å². The van der Waals surface area contributed by atoms with E-state index in [1.807, 2.05) is 6.08 Å². The SMILES string of the molecule is CCC1C=CC(O)(c2cn(C)nn2)CC1. The van der Waals surface area contributed by atoms with Gasteiger partial charge in [0.1, 0.15) is 11.3 Å². The van der Waals surface area contributed by atoms with Crippen molar-refractivity contribution in [3.63, 3.8) is 0 Å². The summed E-state index contributed by atoms with van der Waals surface area (Å²) in [6.07, 6.45) is 8.62. The monoisotopic (exact) mass is 207 g/mol. The lowest BCUT2D eigenvalue weighted by molar-refractivity contribution is 0.0615. The van der Waals surface area contributed by atoms with E-state index in [0.29, 0.717) is 11.6 Å². The molecule has 1 aliphatic carbocycles. The number of nitrogens with zero attached hydrogens (tertiary/aromatic N) is 3. The lowest BCUT2D eigenvalue weighted by Gasteiger charge is -2.28. The number of hydrogen-bond acceptors (Lipinski definition) is 3. The Morgan fingerprint density at radius 3 is 2.93 bits per heavy atom. The van der Waals surface area contributed by atoms with Crippen LogP contribution >= 0.6 is 0 Å². The Balaban J connectivity index is 2.22. The van der Waals surface area contributed by atoms with Crippen LogP contribution < -0.4 is 0 Å². The van der Waals surface area contributed by atoms with Crippen LogP contribution in [0.4, 0.5) is 0 Å². The maximum atomic E-state index is 10.4. The van der Waals surface area contributed by atoms with Crippen LogP contribution in [0.5, 0.6) is 0 Å². The molecule has 1 N–H and O–H groups in total. The van der Waals surface area contributed by atoms with Gasteiger partial charge in [-0.15, -0.1) is 5.10 Å². The van der Waals surface area contributed by atoms with Gasteiger partial charge in [0.15, 0.2) is 0 Å². The van der Waals surface area contributed by atoms with Gasteiger partial charge in [0.05, 0.1) is 6.20 Å². The smallest absolute Gasteiger partial charge is 0.128 e. The van der Waals surface area contributed by atoms with Crippen molar-refractivity contribution in [1.82, 2.24) is 15.0 Å². The summed E-state index contributed by atoms with van der Waals surface area (Å²) in [5.41, 5.74) is -0.254. The summed E-state index contributed by atoms with van der Waals surface area (Å²) in [6, 6.07) is 0. The van der Waals surface area contributed by atoms with Crippen molar-refractivity contribution in [3.05, 3.63) is 24.0 Å². The van der Waals surface area contributed by atoms with Gasteiger partial charge in [0, 0.05) is 7.05 Å². The molecule has 82 valence electrons. The lowest BCUT2D eigenvalue weighted by Crippen LogP contribution is -2.27. The van der Waals surface area contributed by atoms with E-state index in [1.165, 1.54) is 0 Å². The molecule has 4 nitrogen and oxygen atoms in total. The third kappa shape index (κ3) is 1.95. The molecular formula is C11H17N3O. The summed E-state index contributed by atoms with van der Waals surface area (Å²) in [5.74, 6) is 0.599. The van der Waals surface area contributed by atoms with Crippen LogP contribution in [0.3, 0.4) is 0 Å². The second-order valence-corrected chi connectivity index (χ2v) is 4.27. The van der Waals surface area contributed by atoms with E-state index in [0.717, 1.165) is 19.3 Å². The van der Waals surface area contributed by atoms with Crippen LogP contribution in [-0.4, -0.2) is 20.1 Å². The Morgan fingerprint density at radius 1 is 1.67 bits per heavy atom. The first kappa shape index (κ1) is 10.4. The first-order chi connectivity index (χ1) is 7.14. The number of hydrogen-bond donors (Lipinski definition) is 1. The molecule has 0 aliphatic heterocycles. The van der Waals surface area contributed by atoms with Crippen molar-refractivity contribution in [1.29, 1.82) is 0 Å². The molecule has 4 heteroatoms. The fraction of sp³-hybridized carbons (Fsp3) is 0.636. The minimum absolute atomic E-state index is 0.599. The first-order valence-electron chi connectivity index (χ1n) is 5.42. The van der Waals surface area contributed by atoms with E-state index >= 15 is 0 Å². The third-order valence-corrected chi connectivity index (χ3v) is 3.11. The van der Waals surface area contributed by atoms with E-state index in [1.54, 1.807) is 17.9 Å². The van der Waals surface area contributed by atoms with Crippen LogP contribution in [0.15, 0.2) is 18.3 Å². The maximum Gasteiger partial charge on any atom is 0.128 e. The highest BCUT2D eigenvalue weighted by Crippen LogP contribution is 2.34. The van der Waals surface area contributed by atoms with E-state index in [4.69, 9.17) is 0 Å². The van der Waals surface area contributed by atoms with E-state index in [2.05, 4.69) is 23.3 Å². The highest BCUT2D eigenvalue weighted by Gasteiger charge is 2.32. The van der Waals surface area contributed by atoms with E-state index in [9.17, 15) is 5.11 Å². The Hall–Kier alpha value is -1.16. The quantitative estimate of drug-likeness (QED) is 0.745. The van der Waals surface area contributed by atoms with Crippen LogP contribution in [0.2, 0.25) is 0 Å². The minimum Gasteiger partial charge on any atom is -0.379 e. The minimum atomic E-state index is -0.903. The fourth-order valence-corrected chi connectivity index (χ4v) is 1.98. The lowest BCUT2D eigenvalue weighted by atomic mass is 9.82. The summed E-state index contributed by atoms with van der Waals surface area (Å²) in [7, 11) is 1.81. The summed E-state index contributed by atoms with van der Waals surface area (Å²) < 4.78 is 1.62. The number of aryl methyl sites for hydroxylation is 1. The maximum absolute atomic E-state index is 10.4. The van der Waals surface area contributed by atoms with Crippen LogP contribution in [0, 0.1) is 5.92 Å². The van der Waals surface area contributed by atoms with Gasteiger partial charge in [-0.05, 0) is 25.2 Å². The standard InChI is InChI=1S/C11H17N3O/c1-3-9-4-6-11(15,7-5-9)10-8-14(2)13-12-10/h4,6,8-9,15H,3,5,7H2,1-2H3. The zero-order valence-electron chi connectivity index (χ0n) is 9.22. The molecule has 1 aromatic heterocycles. The predicted molar refractivity (Wildman–Crippen MR) is 57.1 cm³/mol. The molecule has 2 unspecified atom stereocenters. The molecule has 0 saturated carbocycles. The van der Waals surface area contributed by atoms with Gasteiger partial charge in [-0.25, -0.2) is 0 Å². The molecule has 0 fully saturated rings. The first-order valence-corrected chi connectivity index (χ1v) is 5.42. The number of aromatic nitrogens is 3. The Kier molecular flexibility index (Phi) is 2.61. The molecule has 1 aliphatic rings. The number of aliphatic hydroxyl groups is 1. The normalized spacial score (nSPS) is 30.7. The van der Waals surface area contributed by atoms with Gasteiger partial charge < -0.3 is 5.11 Å². The molecule has 0 saturated heterocycles. The molecule has 15 heavy (non-hydrogen) atoms. The highest BCUT2D eigenvalue weighted by molar-refractivity contribution is 5.19. The van der Waals surface area contributed by atoms with Gasteiger partial charge >= 0.3 is 0 Å². The Morgan fingerprint density at radius 2 is 2.47 bits per heavy atom. The molecule has 0 radical (unpaired) electrons. The van der Waals surface area contributed by atoms with Gasteiger partial charge in [-0.3, -0.25) is 4.68 Å². The molecule has 0 aromatic carbocycles. The number of rotatable bonds is 2. The van der Waals surface area contributed by atoms with Crippen molar-refractivity contribution in [2.75, 3.05) is 0 Å². The second kappa shape index (κ2) is 3.77.